The molecule has 0 aromatic heterocycles. The Morgan fingerprint density at radius 2 is 0.738 bits per heavy atom. The summed E-state index contributed by atoms with van der Waals surface area (Å²) in [4.78, 5) is 3.97. The number of para-hydroxylation sites is 4. The van der Waals surface area contributed by atoms with E-state index in [-0.39, 0.29) is 10.8 Å². The zero-order valence-electron chi connectivity index (χ0n) is 24.0. The second kappa shape index (κ2) is 8.99. The van der Waals surface area contributed by atoms with Crippen LogP contribution in [-0.4, -0.2) is 0 Å². The van der Waals surface area contributed by atoms with E-state index in [9.17, 15) is 13.2 Å². The van der Waals surface area contributed by atoms with Gasteiger partial charge in [0, 0.05) is 22.2 Å². The Morgan fingerprint density at radius 1 is 0.452 bits per heavy atom. The molecule has 210 valence electrons. The zero-order chi connectivity index (χ0) is 29.4. The van der Waals surface area contributed by atoms with Gasteiger partial charge in [0.2, 0.25) is 0 Å². The lowest BCUT2D eigenvalue weighted by molar-refractivity contribution is -0.137. The van der Waals surface area contributed by atoms with Gasteiger partial charge in [0.05, 0.1) is 28.3 Å². The van der Waals surface area contributed by atoms with Gasteiger partial charge in [-0.25, -0.2) is 0 Å². The molecule has 0 saturated heterocycles. The van der Waals surface area contributed by atoms with Crippen molar-refractivity contribution in [1.29, 1.82) is 0 Å². The quantitative estimate of drug-likeness (QED) is 0.212. The molecule has 2 aliphatic rings. The maximum absolute atomic E-state index is 14.7. The molecule has 7 rings (SSSR count). The van der Waals surface area contributed by atoms with Crippen molar-refractivity contribution in [2.45, 2.75) is 44.7 Å². The van der Waals surface area contributed by atoms with Crippen LogP contribution < -0.4 is 9.80 Å². The Kier molecular flexibility index (Phi) is 5.65. The van der Waals surface area contributed by atoms with Crippen molar-refractivity contribution in [3.63, 3.8) is 0 Å². The minimum atomic E-state index is -4.53. The van der Waals surface area contributed by atoms with E-state index in [0.717, 1.165) is 45.0 Å². The third kappa shape index (κ3) is 3.79. The van der Waals surface area contributed by atoms with Gasteiger partial charge in [0.15, 0.2) is 0 Å². The number of alkyl halides is 3. The van der Waals surface area contributed by atoms with Gasteiger partial charge in [-0.15, -0.1) is 0 Å². The molecule has 0 N–H and O–H groups in total. The van der Waals surface area contributed by atoms with Gasteiger partial charge < -0.3 is 9.80 Å². The van der Waals surface area contributed by atoms with Crippen LogP contribution in [0.5, 0.6) is 0 Å². The Morgan fingerprint density at radius 3 is 1.02 bits per heavy atom. The number of rotatable bonds is 2. The fourth-order valence-electron chi connectivity index (χ4n) is 6.91. The molecule has 2 nitrogen and oxygen atoms in total. The minimum Gasteiger partial charge on any atom is -0.310 e. The second-order valence-electron chi connectivity index (χ2n) is 12.2. The molecule has 0 amide bonds. The maximum atomic E-state index is 14.7. The minimum absolute atomic E-state index is 0.315. The lowest BCUT2D eigenvalue weighted by atomic mass is 9.73. The van der Waals surface area contributed by atoms with Crippen LogP contribution in [0.25, 0.3) is 0 Å². The highest BCUT2D eigenvalue weighted by atomic mass is 19.4. The third-order valence-electron chi connectivity index (χ3n) is 9.02. The van der Waals surface area contributed by atoms with Crippen LogP contribution in [0.4, 0.5) is 47.3 Å². The normalized spacial score (nSPS) is 16.3. The number of anilines is 6. The Labute approximate surface area is 244 Å². The van der Waals surface area contributed by atoms with Crippen LogP contribution in [0.15, 0.2) is 115 Å². The van der Waals surface area contributed by atoms with Crippen molar-refractivity contribution in [3.05, 3.63) is 143 Å². The van der Waals surface area contributed by atoms with E-state index in [1.165, 1.54) is 12.1 Å². The van der Waals surface area contributed by atoms with Crippen LogP contribution in [0.3, 0.4) is 0 Å². The van der Waals surface area contributed by atoms with Gasteiger partial charge in [-0.2, -0.15) is 13.2 Å². The molecule has 5 aromatic rings. The second-order valence-corrected chi connectivity index (χ2v) is 12.2. The van der Waals surface area contributed by atoms with Crippen molar-refractivity contribution in [2.75, 3.05) is 9.80 Å². The molecule has 0 aliphatic carbocycles. The Hall–Kier alpha value is -4.51. The highest BCUT2D eigenvalue weighted by Crippen LogP contribution is 2.55. The molecular weight excluding hydrogens is 529 g/mol. The SMILES string of the molecule is CC1(C)c2ccccc2N(c2cc(N3c4ccccc4C(C)(C)c4ccccc43)cc(C(F)(F)F)c2)c2ccccc21. The molecule has 5 heteroatoms. The summed E-state index contributed by atoms with van der Waals surface area (Å²) in [6.07, 6.45) is -4.53. The first-order valence-electron chi connectivity index (χ1n) is 14.2. The van der Waals surface area contributed by atoms with Crippen molar-refractivity contribution >= 4 is 34.1 Å². The van der Waals surface area contributed by atoms with Crippen LogP contribution >= 0.6 is 0 Å². The molecule has 0 fully saturated rings. The van der Waals surface area contributed by atoms with E-state index in [0.29, 0.717) is 11.4 Å². The molecule has 5 aromatic carbocycles. The fraction of sp³-hybridized carbons (Fsp3) is 0.189. The first kappa shape index (κ1) is 26.4. The van der Waals surface area contributed by atoms with Gasteiger partial charge in [0.25, 0.3) is 0 Å². The van der Waals surface area contributed by atoms with E-state index < -0.39 is 11.7 Å². The maximum Gasteiger partial charge on any atom is 0.416 e. The molecule has 2 aliphatic heterocycles. The van der Waals surface area contributed by atoms with Gasteiger partial charge in [-0.1, -0.05) is 100 Å². The van der Waals surface area contributed by atoms with Crippen molar-refractivity contribution in [3.8, 4) is 0 Å². The van der Waals surface area contributed by atoms with Gasteiger partial charge in [0.1, 0.15) is 0 Å². The largest absolute Gasteiger partial charge is 0.416 e. The summed E-state index contributed by atoms with van der Waals surface area (Å²) in [6, 6.07) is 36.5. The lowest BCUT2D eigenvalue weighted by Gasteiger charge is -2.43. The molecule has 0 unspecified atom stereocenters. The average molecular weight is 561 g/mol. The summed E-state index contributed by atoms with van der Waals surface area (Å²) in [5, 5.41) is 0. The van der Waals surface area contributed by atoms with Crippen LogP contribution in [0.2, 0.25) is 0 Å². The summed E-state index contributed by atoms with van der Waals surface area (Å²) in [7, 11) is 0. The molecule has 0 atom stereocenters. The topological polar surface area (TPSA) is 6.48 Å². The fourth-order valence-corrected chi connectivity index (χ4v) is 6.91. The first-order valence-corrected chi connectivity index (χ1v) is 14.2. The molecule has 0 spiro atoms. The van der Waals surface area contributed by atoms with Crippen molar-refractivity contribution in [1.82, 2.24) is 0 Å². The zero-order valence-corrected chi connectivity index (χ0v) is 24.0. The van der Waals surface area contributed by atoms with E-state index in [1.54, 1.807) is 0 Å². The number of fused-ring (bicyclic) bond motifs is 4. The molecule has 0 radical (unpaired) electrons. The Balaban J connectivity index is 1.52. The van der Waals surface area contributed by atoms with Crippen LogP contribution in [0, 0.1) is 0 Å². The Bertz CT molecular complexity index is 1630. The van der Waals surface area contributed by atoms with E-state index >= 15 is 0 Å². The number of benzene rings is 5. The molecular formula is C37H31F3N2. The summed E-state index contributed by atoms with van der Waals surface area (Å²) in [5.74, 6) is 0. The first-order chi connectivity index (χ1) is 20.0. The average Bonchev–Trinajstić information content (AvgIpc) is 2.97. The standard InChI is InChI=1S/C37H31F3N2/c1-35(2)27-13-5-9-17-31(27)41(32-18-10-6-14-28(32)35)25-21-24(37(38,39)40)22-26(23-25)42-33-19-11-7-15-29(33)36(3,4)30-16-8-12-20-34(30)42/h5-23H,1-4H3. The van der Waals surface area contributed by atoms with Gasteiger partial charge >= 0.3 is 6.18 Å². The van der Waals surface area contributed by atoms with Crippen LogP contribution in [-0.2, 0) is 17.0 Å². The highest BCUT2D eigenvalue weighted by Gasteiger charge is 2.40. The molecule has 42 heavy (non-hydrogen) atoms. The van der Waals surface area contributed by atoms with E-state index in [1.807, 2.05) is 88.7 Å². The third-order valence-corrected chi connectivity index (χ3v) is 9.02. The van der Waals surface area contributed by atoms with Crippen LogP contribution in [0.1, 0.15) is 55.5 Å². The number of nitrogens with zero attached hydrogens (tertiary/aromatic N) is 2. The predicted molar refractivity (Wildman–Crippen MR) is 165 cm³/mol. The lowest BCUT2D eigenvalue weighted by Crippen LogP contribution is -2.31. The summed E-state index contributed by atoms with van der Waals surface area (Å²) >= 11 is 0. The molecule has 0 bridgehead atoms. The van der Waals surface area contributed by atoms with Gasteiger partial charge in [-0.3, -0.25) is 0 Å². The van der Waals surface area contributed by atoms with Crippen molar-refractivity contribution in [2.24, 2.45) is 0 Å². The monoisotopic (exact) mass is 560 g/mol. The molecule has 2 heterocycles. The van der Waals surface area contributed by atoms with Gasteiger partial charge in [-0.05, 0) is 64.7 Å². The predicted octanol–water partition coefficient (Wildman–Crippen LogP) is 10.9. The molecule has 0 saturated carbocycles. The highest BCUT2D eigenvalue weighted by molar-refractivity contribution is 5.91. The van der Waals surface area contributed by atoms with E-state index in [4.69, 9.17) is 0 Å². The smallest absolute Gasteiger partial charge is 0.310 e. The number of halogens is 3. The number of hydrogen-bond donors (Lipinski definition) is 0. The van der Waals surface area contributed by atoms with E-state index in [2.05, 4.69) is 52.0 Å². The van der Waals surface area contributed by atoms with Crippen molar-refractivity contribution < 1.29 is 13.2 Å². The summed E-state index contributed by atoms with van der Waals surface area (Å²) in [5.41, 5.74) is 7.42. The summed E-state index contributed by atoms with van der Waals surface area (Å²) in [6.45, 7) is 8.68. The summed E-state index contributed by atoms with van der Waals surface area (Å²) < 4.78 is 44.0. The number of hydrogen-bond acceptors (Lipinski definition) is 2.